The van der Waals surface area contributed by atoms with Crippen molar-refractivity contribution in [2.45, 2.75) is 25.3 Å². The predicted molar refractivity (Wildman–Crippen MR) is 78.8 cm³/mol. The quantitative estimate of drug-likeness (QED) is 0.862. The normalized spacial score (nSPS) is 15.7. The summed E-state index contributed by atoms with van der Waals surface area (Å²) in [6.07, 6.45) is 3.68. The Balaban J connectivity index is 1.93. The molecule has 0 radical (unpaired) electrons. The van der Waals surface area contributed by atoms with Crippen LogP contribution in [0.3, 0.4) is 0 Å². The van der Waals surface area contributed by atoms with Crippen molar-refractivity contribution >= 4 is 34.5 Å². The van der Waals surface area contributed by atoms with Crippen LogP contribution in [0.2, 0.25) is 10.0 Å². The second-order valence-electron chi connectivity index (χ2n) is 4.60. The van der Waals surface area contributed by atoms with E-state index in [2.05, 4.69) is 6.07 Å². The SMILES string of the molecule is NC(c1ccc(Cl)c(Cl)c1)c1cc2c(s1)CCC2. The van der Waals surface area contributed by atoms with Crippen LogP contribution in [-0.4, -0.2) is 0 Å². The monoisotopic (exact) mass is 297 g/mol. The maximum atomic E-state index is 6.30. The van der Waals surface area contributed by atoms with Crippen molar-refractivity contribution in [1.82, 2.24) is 0 Å². The summed E-state index contributed by atoms with van der Waals surface area (Å²) in [5.74, 6) is 0. The third-order valence-corrected chi connectivity index (χ3v) is 5.43. The van der Waals surface area contributed by atoms with E-state index in [-0.39, 0.29) is 6.04 Å². The first kappa shape index (κ1) is 12.5. The molecule has 2 N–H and O–H groups in total. The lowest BCUT2D eigenvalue weighted by atomic mass is 10.1. The Bertz CT molecular complexity index is 570. The van der Waals surface area contributed by atoms with Gasteiger partial charge in [0.15, 0.2) is 0 Å². The van der Waals surface area contributed by atoms with Crippen LogP contribution in [0.15, 0.2) is 24.3 Å². The van der Waals surface area contributed by atoms with Gasteiger partial charge in [0.25, 0.3) is 0 Å². The van der Waals surface area contributed by atoms with Crippen molar-refractivity contribution < 1.29 is 0 Å². The summed E-state index contributed by atoms with van der Waals surface area (Å²) in [6, 6.07) is 7.76. The highest BCUT2D eigenvalue weighted by molar-refractivity contribution is 7.12. The second-order valence-corrected chi connectivity index (χ2v) is 6.58. The number of thiophene rings is 1. The Hall–Kier alpha value is -0.540. The molecule has 1 aromatic carbocycles. The molecule has 1 aromatic heterocycles. The molecule has 1 heterocycles. The molecule has 0 aliphatic heterocycles. The molecule has 18 heavy (non-hydrogen) atoms. The van der Waals surface area contributed by atoms with Gasteiger partial charge in [-0.3, -0.25) is 0 Å². The molecule has 2 aromatic rings. The molecule has 94 valence electrons. The summed E-state index contributed by atoms with van der Waals surface area (Å²) in [6.45, 7) is 0. The summed E-state index contributed by atoms with van der Waals surface area (Å²) >= 11 is 13.8. The number of hydrogen-bond acceptors (Lipinski definition) is 2. The number of halogens is 2. The van der Waals surface area contributed by atoms with Gasteiger partial charge in [0.1, 0.15) is 0 Å². The van der Waals surface area contributed by atoms with Crippen LogP contribution in [0.25, 0.3) is 0 Å². The molecule has 0 saturated heterocycles. The lowest BCUT2D eigenvalue weighted by molar-refractivity contribution is 0.882. The number of fused-ring (bicyclic) bond motifs is 1. The van der Waals surface area contributed by atoms with E-state index < -0.39 is 0 Å². The zero-order valence-electron chi connectivity index (χ0n) is 9.75. The Morgan fingerprint density at radius 3 is 2.67 bits per heavy atom. The Labute approximate surface area is 121 Å². The van der Waals surface area contributed by atoms with E-state index in [9.17, 15) is 0 Å². The lowest BCUT2D eigenvalue weighted by Gasteiger charge is -2.11. The fourth-order valence-electron chi connectivity index (χ4n) is 2.38. The number of rotatable bonds is 2. The van der Waals surface area contributed by atoms with Gasteiger partial charge in [-0.25, -0.2) is 0 Å². The smallest absolute Gasteiger partial charge is 0.0646 e. The Kier molecular flexibility index (Phi) is 3.37. The topological polar surface area (TPSA) is 26.0 Å². The van der Waals surface area contributed by atoms with Crippen LogP contribution in [0.4, 0.5) is 0 Å². The van der Waals surface area contributed by atoms with E-state index in [1.54, 1.807) is 6.07 Å². The second kappa shape index (κ2) is 4.86. The highest BCUT2D eigenvalue weighted by Crippen LogP contribution is 2.36. The minimum Gasteiger partial charge on any atom is -0.320 e. The van der Waals surface area contributed by atoms with Crippen LogP contribution in [0.1, 0.15) is 33.3 Å². The Morgan fingerprint density at radius 1 is 1.11 bits per heavy atom. The number of benzene rings is 1. The van der Waals surface area contributed by atoms with Crippen LogP contribution >= 0.6 is 34.5 Å². The molecule has 1 aliphatic rings. The van der Waals surface area contributed by atoms with Crippen molar-refractivity contribution in [2.75, 3.05) is 0 Å². The third kappa shape index (κ3) is 2.19. The van der Waals surface area contributed by atoms with Gasteiger partial charge >= 0.3 is 0 Å². The first-order valence-corrected chi connectivity index (χ1v) is 7.54. The van der Waals surface area contributed by atoms with Gasteiger partial charge in [0.2, 0.25) is 0 Å². The number of aryl methyl sites for hydroxylation is 2. The van der Waals surface area contributed by atoms with E-state index in [1.807, 2.05) is 23.5 Å². The zero-order chi connectivity index (χ0) is 12.7. The largest absolute Gasteiger partial charge is 0.320 e. The van der Waals surface area contributed by atoms with Crippen molar-refractivity contribution in [2.24, 2.45) is 5.73 Å². The minimum atomic E-state index is -0.102. The lowest BCUT2D eigenvalue weighted by Crippen LogP contribution is -2.10. The highest BCUT2D eigenvalue weighted by atomic mass is 35.5. The molecule has 1 aliphatic carbocycles. The summed E-state index contributed by atoms with van der Waals surface area (Å²) in [5, 5.41) is 1.13. The van der Waals surface area contributed by atoms with Gasteiger partial charge in [0.05, 0.1) is 16.1 Å². The molecule has 0 fully saturated rings. The number of nitrogens with two attached hydrogens (primary N) is 1. The molecule has 1 atom stereocenters. The molecule has 0 bridgehead atoms. The summed E-state index contributed by atoms with van der Waals surface area (Å²) < 4.78 is 0. The fraction of sp³-hybridized carbons (Fsp3) is 0.286. The first-order valence-electron chi connectivity index (χ1n) is 5.97. The maximum absolute atomic E-state index is 6.30. The van der Waals surface area contributed by atoms with Gasteiger partial charge in [-0.2, -0.15) is 0 Å². The molecule has 0 spiro atoms. The summed E-state index contributed by atoms with van der Waals surface area (Å²) in [4.78, 5) is 2.72. The van der Waals surface area contributed by atoms with E-state index >= 15 is 0 Å². The van der Waals surface area contributed by atoms with E-state index in [0.717, 1.165) is 5.56 Å². The molecule has 0 amide bonds. The van der Waals surface area contributed by atoms with Crippen molar-refractivity contribution in [3.8, 4) is 0 Å². The van der Waals surface area contributed by atoms with Crippen LogP contribution in [-0.2, 0) is 12.8 Å². The Morgan fingerprint density at radius 2 is 1.94 bits per heavy atom. The molecule has 1 nitrogen and oxygen atoms in total. The molecular formula is C14H13Cl2NS. The average Bonchev–Trinajstić information content (AvgIpc) is 2.92. The van der Waals surface area contributed by atoms with Crippen molar-refractivity contribution in [3.63, 3.8) is 0 Å². The molecule has 4 heteroatoms. The van der Waals surface area contributed by atoms with Crippen LogP contribution in [0, 0.1) is 0 Å². The minimum absolute atomic E-state index is 0.102. The zero-order valence-corrected chi connectivity index (χ0v) is 12.1. The van der Waals surface area contributed by atoms with Crippen molar-refractivity contribution in [1.29, 1.82) is 0 Å². The highest BCUT2D eigenvalue weighted by Gasteiger charge is 2.19. The third-order valence-electron chi connectivity index (χ3n) is 3.37. The fourth-order valence-corrected chi connectivity index (χ4v) is 3.97. The molecule has 1 unspecified atom stereocenters. The molecule has 0 saturated carbocycles. The standard InChI is InChI=1S/C14H13Cl2NS/c15-10-5-4-9(6-11(10)16)14(17)13-7-8-2-1-3-12(8)18-13/h4-7,14H,1-3,17H2. The van der Waals surface area contributed by atoms with E-state index in [4.69, 9.17) is 28.9 Å². The first-order chi connectivity index (χ1) is 8.65. The van der Waals surface area contributed by atoms with Gasteiger partial charge in [-0.05, 0) is 48.6 Å². The van der Waals surface area contributed by atoms with Gasteiger partial charge in [-0.15, -0.1) is 11.3 Å². The summed E-state index contributed by atoms with van der Waals surface area (Å²) in [5.41, 5.74) is 8.80. The molecular weight excluding hydrogens is 285 g/mol. The van der Waals surface area contributed by atoms with Gasteiger partial charge < -0.3 is 5.73 Å². The van der Waals surface area contributed by atoms with E-state index in [1.165, 1.54) is 34.6 Å². The van der Waals surface area contributed by atoms with Crippen molar-refractivity contribution in [3.05, 3.63) is 55.2 Å². The van der Waals surface area contributed by atoms with Gasteiger partial charge in [0, 0.05) is 9.75 Å². The molecule has 3 rings (SSSR count). The number of hydrogen-bond donors (Lipinski definition) is 1. The van der Waals surface area contributed by atoms with Crippen LogP contribution in [0.5, 0.6) is 0 Å². The summed E-state index contributed by atoms with van der Waals surface area (Å²) in [7, 11) is 0. The predicted octanol–water partition coefficient (Wildman–Crippen LogP) is 4.59. The van der Waals surface area contributed by atoms with Crippen LogP contribution < -0.4 is 5.73 Å². The average molecular weight is 298 g/mol. The van der Waals surface area contributed by atoms with E-state index in [0.29, 0.717) is 10.0 Å². The maximum Gasteiger partial charge on any atom is 0.0646 e. The van der Waals surface area contributed by atoms with Gasteiger partial charge in [-0.1, -0.05) is 29.3 Å².